The van der Waals surface area contributed by atoms with Crippen molar-refractivity contribution in [2.75, 3.05) is 18.5 Å². The average molecular weight is 396 g/mol. The molecule has 2 amide bonds. The van der Waals surface area contributed by atoms with Crippen LogP contribution in [0.25, 0.3) is 0 Å². The van der Waals surface area contributed by atoms with Crippen LogP contribution in [0.3, 0.4) is 0 Å². The summed E-state index contributed by atoms with van der Waals surface area (Å²) in [5.74, 6) is -0.0900. The van der Waals surface area contributed by atoms with Gasteiger partial charge in [0, 0.05) is 31.4 Å². The van der Waals surface area contributed by atoms with E-state index < -0.39 is 11.7 Å². The molecule has 6 heteroatoms. The Hall–Kier alpha value is -2.86. The third-order valence-electron chi connectivity index (χ3n) is 4.78. The molecule has 2 N–H and O–H groups in total. The first kappa shape index (κ1) is 20.9. The van der Waals surface area contributed by atoms with Gasteiger partial charge in [0.1, 0.15) is 5.60 Å². The third kappa shape index (κ3) is 5.57. The summed E-state index contributed by atoms with van der Waals surface area (Å²) in [5.41, 5.74) is 4.31. The zero-order valence-electron chi connectivity index (χ0n) is 17.5. The summed E-state index contributed by atoms with van der Waals surface area (Å²) in [5, 5.41) is 6.09. The Labute approximate surface area is 172 Å². The first-order valence-corrected chi connectivity index (χ1v) is 9.89. The Morgan fingerprint density at radius 1 is 1.14 bits per heavy atom. The third-order valence-corrected chi connectivity index (χ3v) is 4.78. The minimum Gasteiger partial charge on any atom is -0.444 e. The van der Waals surface area contributed by atoms with Gasteiger partial charge >= 0.3 is 6.09 Å². The van der Waals surface area contributed by atoms with Gasteiger partial charge in [-0.05, 0) is 74.7 Å². The van der Waals surface area contributed by atoms with Crippen molar-refractivity contribution in [1.82, 2.24) is 10.6 Å². The molecule has 0 saturated carbocycles. The minimum atomic E-state index is -0.547. The molecule has 0 spiro atoms. The quantitative estimate of drug-likeness (QED) is 0.829. The van der Waals surface area contributed by atoms with Crippen molar-refractivity contribution in [3.8, 4) is 0 Å². The molecule has 0 aliphatic carbocycles. The van der Waals surface area contributed by atoms with Crippen LogP contribution >= 0.6 is 0 Å². The van der Waals surface area contributed by atoms with Crippen LogP contribution in [0.1, 0.15) is 47.8 Å². The van der Waals surface area contributed by atoms with Gasteiger partial charge in [-0.3, -0.25) is 4.79 Å². The maximum Gasteiger partial charge on any atom is 0.407 e. The Morgan fingerprint density at radius 3 is 2.69 bits per heavy atom. The van der Waals surface area contributed by atoms with Crippen LogP contribution in [0, 0.1) is 0 Å². The van der Waals surface area contributed by atoms with Crippen LogP contribution in [0.4, 0.5) is 10.5 Å². The molecule has 1 heterocycles. The fraction of sp³-hybridized carbons (Fsp3) is 0.391. The number of carbonyl (C=O) groups is 2. The summed E-state index contributed by atoms with van der Waals surface area (Å²) in [7, 11) is 1.78. The highest BCUT2D eigenvalue weighted by Crippen LogP contribution is 2.23. The predicted octanol–water partition coefficient (Wildman–Crippen LogP) is 3.63. The van der Waals surface area contributed by atoms with Gasteiger partial charge in [-0.2, -0.15) is 0 Å². The summed E-state index contributed by atoms with van der Waals surface area (Å²) in [6.45, 7) is 7.57. The van der Waals surface area contributed by atoms with Crippen molar-refractivity contribution < 1.29 is 14.3 Å². The second kappa shape index (κ2) is 8.66. The number of alkyl carbamates (subject to hydrolysis) is 1. The number of hydrogen-bond donors (Lipinski definition) is 2. The monoisotopic (exact) mass is 395 g/mol. The first-order valence-electron chi connectivity index (χ1n) is 9.89. The van der Waals surface area contributed by atoms with E-state index in [-0.39, 0.29) is 5.91 Å². The lowest BCUT2D eigenvalue weighted by atomic mass is 10.00. The van der Waals surface area contributed by atoms with E-state index in [2.05, 4.69) is 22.8 Å². The molecule has 0 unspecified atom stereocenters. The maximum atomic E-state index is 13.0. The van der Waals surface area contributed by atoms with Crippen LogP contribution in [0.5, 0.6) is 0 Å². The van der Waals surface area contributed by atoms with Crippen molar-refractivity contribution in [3.05, 3.63) is 64.7 Å². The number of rotatable bonds is 4. The van der Waals surface area contributed by atoms with Crippen molar-refractivity contribution in [2.24, 2.45) is 0 Å². The molecule has 29 heavy (non-hydrogen) atoms. The van der Waals surface area contributed by atoms with E-state index in [1.165, 1.54) is 11.1 Å². The molecule has 3 rings (SSSR count). The van der Waals surface area contributed by atoms with Gasteiger partial charge < -0.3 is 20.3 Å². The molecule has 0 saturated heterocycles. The van der Waals surface area contributed by atoms with Gasteiger partial charge in [0.15, 0.2) is 0 Å². The number of nitrogens with zero attached hydrogens (tertiary/aromatic N) is 1. The predicted molar refractivity (Wildman–Crippen MR) is 114 cm³/mol. The molecule has 1 aliphatic rings. The van der Waals surface area contributed by atoms with Crippen LogP contribution in [0.15, 0.2) is 42.5 Å². The normalized spacial score (nSPS) is 13.4. The molecule has 0 bridgehead atoms. The smallest absolute Gasteiger partial charge is 0.407 e. The number of carbonyl (C=O) groups excluding carboxylic acids is 2. The molecule has 1 aliphatic heterocycles. The second-order valence-corrected chi connectivity index (χ2v) is 8.30. The summed E-state index contributed by atoms with van der Waals surface area (Å²) in [6, 6.07) is 13.5. The van der Waals surface area contributed by atoms with Crippen molar-refractivity contribution in [3.63, 3.8) is 0 Å². The number of ether oxygens (including phenoxy) is 1. The largest absolute Gasteiger partial charge is 0.444 e. The number of benzene rings is 2. The minimum absolute atomic E-state index is 0.0900. The van der Waals surface area contributed by atoms with Crippen LogP contribution in [0.2, 0.25) is 0 Å². The van der Waals surface area contributed by atoms with Crippen LogP contribution in [-0.2, 0) is 24.2 Å². The molecule has 0 radical (unpaired) electrons. The molecule has 6 nitrogen and oxygen atoms in total. The van der Waals surface area contributed by atoms with E-state index in [4.69, 9.17) is 4.74 Å². The standard InChI is InChI=1S/C23H29N3O3/c1-23(2,3)29-22(28)25-14-16-6-5-7-18(12-16)21(27)26(4)20-9-8-17-10-11-24-15-19(17)13-20/h5-9,12-13,24H,10-11,14-15H2,1-4H3,(H,25,28). The average Bonchev–Trinajstić information content (AvgIpc) is 2.70. The van der Waals surface area contributed by atoms with Crippen LogP contribution in [-0.4, -0.2) is 31.2 Å². The highest BCUT2D eigenvalue weighted by molar-refractivity contribution is 6.05. The van der Waals surface area contributed by atoms with E-state index in [9.17, 15) is 9.59 Å². The van der Waals surface area contributed by atoms with Crippen molar-refractivity contribution in [1.29, 1.82) is 0 Å². The first-order chi connectivity index (χ1) is 13.7. The van der Waals surface area contributed by atoms with Crippen LogP contribution < -0.4 is 15.5 Å². The molecular formula is C23H29N3O3. The lowest BCUT2D eigenvalue weighted by Gasteiger charge is -2.22. The Kier molecular flexibility index (Phi) is 6.23. The molecule has 0 aromatic heterocycles. The summed E-state index contributed by atoms with van der Waals surface area (Å²) in [6.07, 6.45) is 0.536. The zero-order chi connectivity index (χ0) is 21.0. The van der Waals surface area contributed by atoms with Crippen molar-refractivity contribution in [2.45, 2.75) is 45.9 Å². The van der Waals surface area contributed by atoms with Crippen molar-refractivity contribution >= 4 is 17.7 Å². The number of hydrogen-bond acceptors (Lipinski definition) is 4. The second-order valence-electron chi connectivity index (χ2n) is 8.30. The number of nitrogens with one attached hydrogen (secondary N) is 2. The zero-order valence-corrected chi connectivity index (χ0v) is 17.5. The summed E-state index contributed by atoms with van der Waals surface area (Å²) < 4.78 is 5.25. The van der Waals surface area contributed by atoms with Gasteiger partial charge in [0.05, 0.1) is 0 Å². The highest BCUT2D eigenvalue weighted by Gasteiger charge is 2.18. The molecule has 154 valence electrons. The summed E-state index contributed by atoms with van der Waals surface area (Å²) in [4.78, 5) is 26.5. The fourth-order valence-corrected chi connectivity index (χ4v) is 3.29. The lowest BCUT2D eigenvalue weighted by Crippen LogP contribution is -2.32. The Morgan fingerprint density at radius 2 is 1.93 bits per heavy atom. The fourth-order valence-electron chi connectivity index (χ4n) is 3.29. The maximum absolute atomic E-state index is 13.0. The Bertz CT molecular complexity index is 902. The van der Waals surface area contributed by atoms with Gasteiger partial charge in [-0.15, -0.1) is 0 Å². The highest BCUT2D eigenvalue weighted by atomic mass is 16.6. The Balaban J connectivity index is 1.68. The van der Waals surface area contributed by atoms with E-state index in [1.54, 1.807) is 24.1 Å². The van der Waals surface area contributed by atoms with Gasteiger partial charge in [-0.1, -0.05) is 18.2 Å². The lowest BCUT2D eigenvalue weighted by molar-refractivity contribution is 0.0523. The molecule has 2 aromatic rings. The number of amides is 2. The topological polar surface area (TPSA) is 70.7 Å². The van der Waals surface area contributed by atoms with E-state index in [0.29, 0.717) is 12.1 Å². The molecule has 2 aromatic carbocycles. The van der Waals surface area contributed by atoms with E-state index >= 15 is 0 Å². The van der Waals surface area contributed by atoms with Gasteiger partial charge in [-0.25, -0.2) is 4.79 Å². The SMILES string of the molecule is CN(C(=O)c1cccc(CNC(=O)OC(C)(C)C)c1)c1ccc2c(c1)CNCC2. The number of fused-ring (bicyclic) bond motifs is 1. The molecule has 0 fully saturated rings. The molecular weight excluding hydrogens is 366 g/mol. The number of anilines is 1. The molecule has 0 atom stereocenters. The van der Waals surface area contributed by atoms with Gasteiger partial charge in [0.2, 0.25) is 0 Å². The van der Waals surface area contributed by atoms with E-state index in [0.717, 1.165) is 30.8 Å². The summed E-state index contributed by atoms with van der Waals surface area (Å²) >= 11 is 0. The van der Waals surface area contributed by atoms with Gasteiger partial charge in [0.25, 0.3) is 5.91 Å². The van der Waals surface area contributed by atoms with E-state index in [1.807, 2.05) is 39.0 Å².